The van der Waals surface area contributed by atoms with Gasteiger partial charge in [0.05, 0.1) is 0 Å². The summed E-state index contributed by atoms with van der Waals surface area (Å²) in [4.78, 5) is 12.0. The van der Waals surface area contributed by atoms with E-state index < -0.39 is 0 Å². The van der Waals surface area contributed by atoms with Crippen molar-refractivity contribution < 1.29 is 9.53 Å². The smallest absolute Gasteiger partial charge is 0.251 e. The molecule has 1 saturated heterocycles. The molecule has 1 aromatic carbocycles. The molecule has 2 rings (SSSR count). The van der Waals surface area contributed by atoms with Gasteiger partial charge in [-0.1, -0.05) is 0 Å². The maximum absolute atomic E-state index is 12.0. The van der Waals surface area contributed by atoms with Gasteiger partial charge >= 0.3 is 0 Å². The second-order valence-corrected chi connectivity index (χ2v) is 4.43. The second-order valence-electron chi connectivity index (χ2n) is 4.43. The van der Waals surface area contributed by atoms with Crippen molar-refractivity contribution in [2.75, 3.05) is 18.9 Å². The summed E-state index contributed by atoms with van der Waals surface area (Å²) >= 11 is 0. The lowest BCUT2D eigenvalue weighted by atomic mass is 10.1. The molecule has 92 valence electrons. The van der Waals surface area contributed by atoms with E-state index in [2.05, 4.69) is 5.32 Å². The largest absolute Gasteiger partial charge is 0.399 e. The minimum absolute atomic E-state index is 0.0278. The molecule has 4 nitrogen and oxygen atoms in total. The van der Waals surface area contributed by atoms with Crippen molar-refractivity contribution in [1.82, 2.24) is 5.32 Å². The fourth-order valence-corrected chi connectivity index (χ4v) is 1.93. The van der Waals surface area contributed by atoms with Gasteiger partial charge in [0.2, 0.25) is 0 Å². The fourth-order valence-electron chi connectivity index (χ4n) is 1.93. The van der Waals surface area contributed by atoms with Gasteiger partial charge in [-0.05, 0) is 43.5 Å². The Morgan fingerprint density at radius 3 is 2.76 bits per heavy atom. The van der Waals surface area contributed by atoms with Crippen LogP contribution in [0.15, 0.2) is 18.2 Å². The monoisotopic (exact) mass is 234 g/mol. The molecule has 1 amide bonds. The highest BCUT2D eigenvalue weighted by Gasteiger charge is 2.17. The summed E-state index contributed by atoms with van der Waals surface area (Å²) in [6.45, 7) is 3.36. The highest BCUT2D eigenvalue weighted by molar-refractivity contribution is 5.95. The van der Waals surface area contributed by atoms with E-state index in [-0.39, 0.29) is 11.9 Å². The Morgan fingerprint density at radius 2 is 2.12 bits per heavy atom. The Balaban J connectivity index is 2.01. The summed E-state index contributed by atoms with van der Waals surface area (Å²) in [5.74, 6) is -0.0278. The number of hydrogen-bond acceptors (Lipinski definition) is 3. The molecule has 1 aliphatic heterocycles. The molecule has 0 bridgehead atoms. The predicted octanol–water partition coefficient (Wildman–Crippen LogP) is 1.49. The topological polar surface area (TPSA) is 64.3 Å². The van der Waals surface area contributed by atoms with E-state index in [1.54, 1.807) is 12.1 Å². The van der Waals surface area contributed by atoms with Crippen LogP contribution in [0.5, 0.6) is 0 Å². The molecule has 0 saturated carbocycles. The molecule has 0 atom stereocenters. The van der Waals surface area contributed by atoms with Crippen LogP contribution in [0.2, 0.25) is 0 Å². The average Bonchev–Trinajstić information content (AvgIpc) is 2.34. The van der Waals surface area contributed by atoms with E-state index in [4.69, 9.17) is 10.5 Å². The zero-order valence-corrected chi connectivity index (χ0v) is 10.0. The van der Waals surface area contributed by atoms with Crippen molar-refractivity contribution in [2.24, 2.45) is 0 Å². The molecule has 1 aliphatic rings. The number of ether oxygens (including phenoxy) is 1. The molecule has 4 heteroatoms. The van der Waals surface area contributed by atoms with Gasteiger partial charge in [0.1, 0.15) is 0 Å². The molecule has 17 heavy (non-hydrogen) atoms. The molecule has 0 aliphatic carbocycles. The fraction of sp³-hybridized carbons (Fsp3) is 0.462. The first-order valence-electron chi connectivity index (χ1n) is 5.91. The van der Waals surface area contributed by atoms with Crippen molar-refractivity contribution in [3.8, 4) is 0 Å². The van der Waals surface area contributed by atoms with Gasteiger partial charge in [-0.3, -0.25) is 4.79 Å². The number of anilines is 1. The van der Waals surface area contributed by atoms with Crippen LogP contribution in [0.1, 0.15) is 28.8 Å². The van der Waals surface area contributed by atoms with E-state index in [1.165, 1.54) is 0 Å². The van der Waals surface area contributed by atoms with Crippen LogP contribution in [0.3, 0.4) is 0 Å². The average molecular weight is 234 g/mol. The van der Waals surface area contributed by atoms with Gasteiger partial charge in [-0.15, -0.1) is 0 Å². The number of nitrogen functional groups attached to an aromatic ring is 1. The van der Waals surface area contributed by atoms with E-state index in [1.807, 2.05) is 13.0 Å². The zero-order chi connectivity index (χ0) is 12.3. The van der Waals surface area contributed by atoms with E-state index >= 15 is 0 Å². The molecule has 0 unspecified atom stereocenters. The standard InChI is InChI=1S/C13H18N2O2/c1-9-8-10(2-3-12(9)14)13(16)15-11-4-6-17-7-5-11/h2-3,8,11H,4-7,14H2,1H3,(H,15,16). The minimum Gasteiger partial charge on any atom is -0.399 e. The predicted molar refractivity (Wildman–Crippen MR) is 66.9 cm³/mol. The molecule has 0 aromatic heterocycles. The quantitative estimate of drug-likeness (QED) is 0.762. The van der Waals surface area contributed by atoms with E-state index in [0.717, 1.165) is 31.6 Å². The van der Waals surface area contributed by atoms with Crippen molar-refractivity contribution in [3.63, 3.8) is 0 Å². The van der Waals surface area contributed by atoms with Gasteiger partial charge in [0.15, 0.2) is 0 Å². The Kier molecular flexibility index (Phi) is 3.64. The van der Waals surface area contributed by atoms with Crippen LogP contribution in [0.25, 0.3) is 0 Å². The highest BCUT2D eigenvalue weighted by atomic mass is 16.5. The van der Waals surface area contributed by atoms with Gasteiger partial charge in [-0.25, -0.2) is 0 Å². The Labute approximate surface area is 101 Å². The summed E-state index contributed by atoms with van der Waals surface area (Å²) in [5, 5.41) is 3.02. The molecule has 0 radical (unpaired) electrons. The van der Waals surface area contributed by atoms with Gasteiger partial charge in [0, 0.05) is 30.5 Å². The van der Waals surface area contributed by atoms with E-state index in [0.29, 0.717) is 11.3 Å². The Morgan fingerprint density at radius 1 is 1.41 bits per heavy atom. The summed E-state index contributed by atoms with van der Waals surface area (Å²) in [7, 11) is 0. The summed E-state index contributed by atoms with van der Waals surface area (Å²) in [6, 6.07) is 5.59. The third-order valence-corrected chi connectivity index (χ3v) is 3.09. The van der Waals surface area contributed by atoms with Gasteiger partial charge in [-0.2, -0.15) is 0 Å². The maximum Gasteiger partial charge on any atom is 0.251 e. The van der Waals surface area contributed by atoms with Crippen LogP contribution in [0, 0.1) is 6.92 Å². The number of amides is 1. The molecule has 3 N–H and O–H groups in total. The summed E-state index contributed by atoms with van der Waals surface area (Å²) in [6.07, 6.45) is 1.78. The number of benzene rings is 1. The lowest BCUT2D eigenvalue weighted by Gasteiger charge is -2.23. The highest BCUT2D eigenvalue weighted by Crippen LogP contribution is 2.13. The van der Waals surface area contributed by atoms with Crippen LogP contribution < -0.4 is 11.1 Å². The van der Waals surface area contributed by atoms with Crippen LogP contribution in [-0.2, 0) is 4.74 Å². The van der Waals surface area contributed by atoms with E-state index in [9.17, 15) is 4.79 Å². The Bertz CT molecular complexity index is 412. The van der Waals surface area contributed by atoms with Gasteiger partial charge < -0.3 is 15.8 Å². The van der Waals surface area contributed by atoms with Crippen molar-refractivity contribution in [3.05, 3.63) is 29.3 Å². The molecule has 0 spiro atoms. The summed E-state index contributed by atoms with van der Waals surface area (Å²) < 4.78 is 5.25. The first-order valence-corrected chi connectivity index (χ1v) is 5.91. The van der Waals surface area contributed by atoms with Crippen LogP contribution in [0.4, 0.5) is 5.69 Å². The number of carbonyl (C=O) groups is 1. The van der Waals surface area contributed by atoms with Crippen LogP contribution in [-0.4, -0.2) is 25.2 Å². The zero-order valence-electron chi connectivity index (χ0n) is 10.0. The number of nitrogens with one attached hydrogen (secondary N) is 1. The summed E-state index contributed by atoms with van der Waals surface area (Å²) in [5.41, 5.74) is 8.04. The van der Waals surface area contributed by atoms with Crippen molar-refractivity contribution in [2.45, 2.75) is 25.8 Å². The molecule has 1 fully saturated rings. The minimum atomic E-state index is -0.0278. The number of carbonyl (C=O) groups excluding carboxylic acids is 1. The lowest BCUT2D eigenvalue weighted by Crippen LogP contribution is -2.38. The van der Waals surface area contributed by atoms with Crippen LogP contribution >= 0.6 is 0 Å². The number of hydrogen-bond donors (Lipinski definition) is 2. The van der Waals surface area contributed by atoms with Crippen molar-refractivity contribution >= 4 is 11.6 Å². The Hall–Kier alpha value is -1.55. The second kappa shape index (κ2) is 5.19. The molecular formula is C13H18N2O2. The third-order valence-electron chi connectivity index (χ3n) is 3.09. The molecule has 1 heterocycles. The SMILES string of the molecule is Cc1cc(C(=O)NC2CCOCC2)ccc1N. The first kappa shape index (κ1) is 11.9. The first-order chi connectivity index (χ1) is 8.16. The molecular weight excluding hydrogens is 216 g/mol. The number of rotatable bonds is 2. The van der Waals surface area contributed by atoms with Gasteiger partial charge in [0.25, 0.3) is 5.91 Å². The third kappa shape index (κ3) is 2.97. The number of aryl methyl sites for hydroxylation is 1. The van der Waals surface area contributed by atoms with Crippen molar-refractivity contribution in [1.29, 1.82) is 0 Å². The lowest BCUT2D eigenvalue weighted by molar-refractivity contribution is 0.0696. The number of nitrogens with two attached hydrogens (primary N) is 1. The maximum atomic E-state index is 12.0. The normalized spacial score (nSPS) is 16.8. The molecule has 1 aromatic rings.